The lowest BCUT2D eigenvalue weighted by Gasteiger charge is -2.27. The molecule has 0 atom stereocenters. The third-order valence-electron chi connectivity index (χ3n) is 5.08. The molecule has 5 rings (SSSR count). The molecule has 2 aliphatic rings. The summed E-state index contributed by atoms with van der Waals surface area (Å²) in [6.07, 6.45) is 5.74. The number of pyridine rings is 1. The number of amides is 1. The molecule has 1 amide bonds. The van der Waals surface area contributed by atoms with Crippen LogP contribution in [0.4, 0.5) is 0 Å². The first-order valence-electron chi connectivity index (χ1n) is 8.91. The normalized spacial score (nSPS) is 16.4. The molecule has 27 heavy (non-hydrogen) atoms. The number of aromatic nitrogens is 5. The van der Waals surface area contributed by atoms with Gasteiger partial charge in [0.1, 0.15) is 5.52 Å². The third kappa shape index (κ3) is 2.66. The molecule has 1 fully saturated rings. The van der Waals surface area contributed by atoms with E-state index in [1.807, 2.05) is 0 Å². The molecule has 0 N–H and O–H groups in total. The van der Waals surface area contributed by atoms with Crippen LogP contribution in [0.1, 0.15) is 45.4 Å². The van der Waals surface area contributed by atoms with Crippen molar-refractivity contribution < 1.29 is 14.3 Å². The smallest absolute Gasteiger partial charge is 0.358 e. The van der Waals surface area contributed by atoms with Crippen molar-refractivity contribution in [3.8, 4) is 0 Å². The Bertz CT molecular complexity index is 1060. The average Bonchev–Trinajstić information content (AvgIpc) is 3.31. The first-order valence-corrected chi connectivity index (χ1v) is 8.91. The summed E-state index contributed by atoms with van der Waals surface area (Å²) < 4.78 is 8.53. The van der Waals surface area contributed by atoms with Gasteiger partial charge in [-0.1, -0.05) is 0 Å². The number of nitrogens with zero attached hydrogens (tertiary/aromatic N) is 6. The van der Waals surface area contributed by atoms with Crippen LogP contribution < -0.4 is 0 Å². The highest BCUT2D eigenvalue weighted by Gasteiger charge is 2.27. The molecular weight excluding hydrogens is 348 g/mol. The van der Waals surface area contributed by atoms with Gasteiger partial charge in [-0.3, -0.25) is 9.48 Å². The zero-order valence-corrected chi connectivity index (χ0v) is 14.8. The second-order valence-corrected chi connectivity index (χ2v) is 6.91. The lowest BCUT2D eigenvalue weighted by atomic mass is 10.2. The second kappa shape index (κ2) is 5.90. The Morgan fingerprint density at radius 2 is 2.04 bits per heavy atom. The number of ether oxygens (including phenoxy) is 1. The van der Waals surface area contributed by atoms with Crippen molar-refractivity contribution in [1.82, 2.24) is 29.2 Å². The Kier molecular flexibility index (Phi) is 3.49. The fraction of sp³-hybridized carbons (Fsp3) is 0.389. The standard InChI is InChI=1S/C18H18N6O3/c1-27-18(26)15-7-13-9-22(4-5-24(13)21-15)17(25)11-6-14-16(19-8-11)23(10-20-14)12-2-3-12/h6-8,10,12H,2-5,9H2,1H3. The summed E-state index contributed by atoms with van der Waals surface area (Å²) in [6.45, 7) is 1.43. The Hall–Kier alpha value is -3.23. The fourth-order valence-electron chi connectivity index (χ4n) is 3.48. The highest BCUT2D eigenvalue weighted by Crippen LogP contribution is 2.36. The molecule has 0 radical (unpaired) electrons. The minimum atomic E-state index is -0.476. The monoisotopic (exact) mass is 366 g/mol. The molecule has 0 bridgehead atoms. The van der Waals surface area contributed by atoms with Crippen LogP contribution in [0, 0.1) is 0 Å². The van der Waals surface area contributed by atoms with Crippen molar-refractivity contribution in [2.24, 2.45) is 0 Å². The first kappa shape index (κ1) is 16.0. The molecule has 3 aromatic rings. The maximum Gasteiger partial charge on any atom is 0.358 e. The van der Waals surface area contributed by atoms with Crippen molar-refractivity contribution in [3.63, 3.8) is 0 Å². The van der Waals surface area contributed by atoms with Gasteiger partial charge in [-0.15, -0.1) is 0 Å². The molecule has 4 heterocycles. The molecule has 1 aliphatic heterocycles. The molecule has 0 spiro atoms. The average molecular weight is 366 g/mol. The number of rotatable bonds is 3. The Morgan fingerprint density at radius 3 is 2.81 bits per heavy atom. The van der Waals surface area contributed by atoms with Gasteiger partial charge < -0.3 is 14.2 Å². The molecule has 0 saturated heterocycles. The van der Waals surface area contributed by atoms with E-state index in [1.54, 1.807) is 34.2 Å². The Morgan fingerprint density at radius 1 is 1.19 bits per heavy atom. The molecule has 9 nitrogen and oxygen atoms in total. The largest absolute Gasteiger partial charge is 0.464 e. The summed E-state index contributed by atoms with van der Waals surface area (Å²) in [5.74, 6) is -0.576. The van der Waals surface area contributed by atoms with Gasteiger partial charge in [0, 0.05) is 18.8 Å². The van der Waals surface area contributed by atoms with Gasteiger partial charge >= 0.3 is 5.97 Å². The van der Waals surface area contributed by atoms with Crippen molar-refractivity contribution >= 4 is 23.0 Å². The summed E-state index contributed by atoms with van der Waals surface area (Å²) in [6, 6.07) is 3.97. The molecule has 0 aromatic carbocycles. The molecule has 0 unspecified atom stereocenters. The number of fused-ring (bicyclic) bond motifs is 2. The van der Waals surface area contributed by atoms with Crippen LogP contribution in [0.15, 0.2) is 24.7 Å². The predicted molar refractivity (Wildman–Crippen MR) is 94.1 cm³/mol. The van der Waals surface area contributed by atoms with E-state index in [4.69, 9.17) is 4.74 Å². The van der Waals surface area contributed by atoms with Crippen molar-refractivity contribution in [2.45, 2.75) is 32.0 Å². The van der Waals surface area contributed by atoms with E-state index in [-0.39, 0.29) is 11.6 Å². The zero-order valence-electron chi connectivity index (χ0n) is 14.8. The molecule has 1 aliphatic carbocycles. The number of hydrogen-bond donors (Lipinski definition) is 0. The molecule has 3 aromatic heterocycles. The highest BCUT2D eigenvalue weighted by molar-refractivity contribution is 5.96. The summed E-state index contributed by atoms with van der Waals surface area (Å²) in [7, 11) is 1.32. The van der Waals surface area contributed by atoms with E-state index in [0.29, 0.717) is 31.2 Å². The van der Waals surface area contributed by atoms with Crippen LogP contribution in [0.5, 0.6) is 0 Å². The van der Waals surface area contributed by atoms with E-state index in [2.05, 4.69) is 19.6 Å². The van der Waals surface area contributed by atoms with Crippen LogP contribution in [-0.2, 0) is 17.8 Å². The van der Waals surface area contributed by atoms with E-state index in [0.717, 1.165) is 29.7 Å². The van der Waals surface area contributed by atoms with Gasteiger partial charge in [0.25, 0.3) is 5.91 Å². The summed E-state index contributed by atoms with van der Waals surface area (Å²) >= 11 is 0. The van der Waals surface area contributed by atoms with E-state index in [9.17, 15) is 9.59 Å². The number of methoxy groups -OCH3 is 1. The predicted octanol–water partition coefficient (Wildman–Crippen LogP) is 1.41. The molecule has 1 saturated carbocycles. The third-order valence-corrected chi connectivity index (χ3v) is 5.08. The maximum atomic E-state index is 12.9. The zero-order chi connectivity index (χ0) is 18.5. The number of hydrogen-bond acceptors (Lipinski definition) is 6. The van der Waals surface area contributed by atoms with Crippen LogP contribution in [0.3, 0.4) is 0 Å². The molecule has 9 heteroatoms. The minimum Gasteiger partial charge on any atom is -0.464 e. The Balaban J connectivity index is 1.39. The quantitative estimate of drug-likeness (QED) is 0.651. The van der Waals surface area contributed by atoms with Crippen LogP contribution in [-0.4, -0.2) is 54.7 Å². The number of carbonyl (C=O) groups is 2. The van der Waals surface area contributed by atoms with Crippen LogP contribution in [0.2, 0.25) is 0 Å². The van der Waals surface area contributed by atoms with Crippen molar-refractivity contribution in [3.05, 3.63) is 41.6 Å². The van der Waals surface area contributed by atoms with Crippen molar-refractivity contribution in [2.75, 3.05) is 13.7 Å². The van der Waals surface area contributed by atoms with E-state index in [1.165, 1.54) is 7.11 Å². The first-order chi connectivity index (χ1) is 13.1. The van der Waals surface area contributed by atoms with Crippen LogP contribution in [0.25, 0.3) is 11.2 Å². The molecular formula is C18H18N6O3. The Labute approximate surface area is 154 Å². The number of imidazole rings is 1. The lowest BCUT2D eigenvalue weighted by molar-refractivity contribution is 0.0591. The summed E-state index contributed by atoms with van der Waals surface area (Å²) in [5, 5.41) is 4.23. The van der Waals surface area contributed by atoms with Gasteiger partial charge in [0.2, 0.25) is 0 Å². The van der Waals surface area contributed by atoms with Gasteiger partial charge in [-0.05, 0) is 25.0 Å². The summed E-state index contributed by atoms with van der Waals surface area (Å²) in [5.41, 5.74) is 3.15. The fourth-order valence-corrected chi connectivity index (χ4v) is 3.48. The van der Waals surface area contributed by atoms with E-state index < -0.39 is 5.97 Å². The van der Waals surface area contributed by atoms with Crippen LogP contribution >= 0.6 is 0 Å². The number of carbonyl (C=O) groups excluding carboxylic acids is 2. The van der Waals surface area contributed by atoms with Gasteiger partial charge in [0.05, 0.1) is 37.8 Å². The maximum absolute atomic E-state index is 12.9. The van der Waals surface area contributed by atoms with E-state index >= 15 is 0 Å². The second-order valence-electron chi connectivity index (χ2n) is 6.91. The lowest BCUT2D eigenvalue weighted by Crippen LogP contribution is -2.38. The molecule has 138 valence electrons. The van der Waals surface area contributed by atoms with Gasteiger partial charge in [0.15, 0.2) is 11.3 Å². The van der Waals surface area contributed by atoms with Gasteiger partial charge in [-0.2, -0.15) is 5.10 Å². The topological polar surface area (TPSA) is 95.1 Å². The van der Waals surface area contributed by atoms with Crippen molar-refractivity contribution in [1.29, 1.82) is 0 Å². The summed E-state index contributed by atoms with van der Waals surface area (Å²) in [4.78, 5) is 35.2. The minimum absolute atomic E-state index is 0.0996. The number of esters is 1. The highest BCUT2D eigenvalue weighted by atomic mass is 16.5. The van der Waals surface area contributed by atoms with Gasteiger partial charge in [-0.25, -0.2) is 14.8 Å². The SMILES string of the molecule is COC(=O)c1cc2n(n1)CCN(C(=O)c1cnc3c(c1)ncn3C1CC1)C2.